The highest BCUT2D eigenvalue weighted by molar-refractivity contribution is 6.30. The summed E-state index contributed by atoms with van der Waals surface area (Å²) in [7, 11) is 0. The van der Waals surface area contributed by atoms with Gasteiger partial charge in [0.25, 0.3) is 0 Å². The van der Waals surface area contributed by atoms with Gasteiger partial charge in [0.05, 0.1) is 5.69 Å². The molecule has 0 heterocycles. The summed E-state index contributed by atoms with van der Waals surface area (Å²) in [5.74, 6) is 6.41. The van der Waals surface area contributed by atoms with Gasteiger partial charge in [-0.3, -0.25) is 4.99 Å². The Balaban J connectivity index is 1.76. The molecule has 0 fully saturated rings. The average molecular weight is 330 g/mol. The molecule has 0 radical (unpaired) electrons. The van der Waals surface area contributed by atoms with Crippen molar-refractivity contribution in [3.63, 3.8) is 0 Å². The van der Waals surface area contributed by atoms with Crippen molar-refractivity contribution >= 4 is 23.5 Å². The maximum absolute atomic E-state index is 5.90. The Kier molecular flexibility index (Phi) is 5.45. The summed E-state index contributed by atoms with van der Waals surface area (Å²) >= 11 is 5.90. The maximum atomic E-state index is 5.90. The van der Waals surface area contributed by atoms with Crippen LogP contribution in [0.4, 0.5) is 5.69 Å². The van der Waals surface area contributed by atoms with E-state index in [4.69, 9.17) is 11.6 Å². The molecule has 24 heavy (non-hydrogen) atoms. The molecule has 0 aliphatic heterocycles. The summed E-state index contributed by atoms with van der Waals surface area (Å²) in [6, 6.07) is 25.7. The second kappa shape index (κ2) is 8.15. The summed E-state index contributed by atoms with van der Waals surface area (Å²) in [5.41, 5.74) is 4.10. The van der Waals surface area contributed by atoms with Crippen molar-refractivity contribution in [1.82, 2.24) is 0 Å². The Hall–Kier alpha value is -2.82. The Morgan fingerprint density at radius 2 is 1.54 bits per heavy atom. The van der Waals surface area contributed by atoms with Gasteiger partial charge in [-0.05, 0) is 41.5 Å². The van der Waals surface area contributed by atoms with E-state index in [1.165, 1.54) is 0 Å². The summed E-state index contributed by atoms with van der Waals surface area (Å²) in [6.07, 6.45) is 2.52. The molecule has 0 spiro atoms. The molecule has 0 aliphatic rings. The summed E-state index contributed by atoms with van der Waals surface area (Å²) in [4.78, 5) is 4.60. The molecule has 0 bridgehead atoms. The average Bonchev–Trinajstić information content (AvgIpc) is 2.63. The number of aliphatic imine (C=N–C) groups is 1. The molecular weight excluding hydrogens is 314 g/mol. The normalized spacial score (nSPS) is 10.4. The molecule has 2 heteroatoms. The fraction of sp³-hybridized carbons (Fsp3) is 0.0455. The van der Waals surface area contributed by atoms with E-state index in [0.717, 1.165) is 27.4 Å². The van der Waals surface area contributed by atoms with E-state index >= 15 is 0 Å². The smallest absolute Gasteiger partial charge is 0.0671 e. The molecule has 3 aromatic rings. The van der Waals surface area contributed by atoms with Gasteiger partial charge < -0.3 is 0 Å². The summed E-state index contributed by atoms with van der Waals surface area (Å²) < 4.78 is 0. The van der Waals surface area contributed by atoms with Gasteiger partial charge in [0.15, 0.2) is 0 Å². The Morgan fingerprint density at radius 1 is 0.833 bits per heavy atom. The van der Waals surface area contributed by atoms with Gasteiger partial charge in [-0.25, -0.2) is 0 Å². The maximum Gasteiger partial charge on any atom is 0.0671 e. The van der Waals surface area contributed by atoms with Crippen LogP contribution in [-0.2, 0) is 6.42 Å². The van der Waals surface area contributed by atoms with Crippen LogP contribution in [0, 0.1) is 11.8 Å². The van der Waals surface area contributed by atoms with E-state index in [-0.39, 0.29) is 0 Å². The zero-order valence-electron chi connectivity index (χ0n) is 13.1. The van der Waals surface area contributed by atoms with Gasteiger partial charge >= 0.3 is 0 Å². The third-order valence-electron chi connectivity index (χ3n) is 3.50. The molecule has 0 saturated heterocycles. The van der Waals surface area contributed by atoms with Crippen LogP contribution in [0.3, 0.4) is 0 Å². The van der Waals surface area contributed by atoms with Gasteiger partial charge in [-0.1, -0.05) is 72.0 Å². The zero-order valence-corrected chi connectivity index (χ0v) is 13.9. The Labute approximate surface area is 147 Å². The van der Waals surface area contributed by atoms with Crippen molar-refractivity contribution in [1.29, 1.82) is 0 Å². The lowest BCUT2D eigenvalue weighted by Crippen LogP contribution is -1.85. The van der Waals surface area contributed by atoms with E-state index in [1.807, 2.05) is 79.0 Å². The number of nitrogens with zero attached hydrogens (tertiary/aromatic N) is 1. The highest BCUT2D eigenvalue weighted by Gasteiger charge is 1.98. The molecule has 0 atom stereocenters. The Bertz CT molecular complexity index is 885. The number of rotatable bonds is 3. The fourth-order valence-corrected chi connectivity index (χ4v) is 2.37. The van der Waals surface area contributed by atoms with E-state index < -0.39 is 0 Å². The highest BCUT2D eigenvalue weighted by Crippen LogP contribution is 2.19. The first kappa shape index (κ1) is 16.1. The van der Waals surface area contributed by atoms with Crippen LogP contribution in [0.5, 0.6) is 0 Å². The van der Waals surface area contributed by atoms with Crippen LogP contribution in [0.25, 0.3) is 0 Å². The van der Waals surface area contributed by atoms with Gasteiger partial charge in [0.1, 0.15) is 0 Å². The van der Waals surface area contributed by atoms with Gasteiger partial charge in [0, 0.05) is 23.2 Å². The number of benzene rings is 3. The van der Waals surface area contributed by atoms with Crippen molar-refractivity contribution in [2.24, 2.45) is 4.99 Å². The number of halogens is 1. The quantitative estimate of drug-likeness (QED) is 0.432. The highest BCUT2D eigenvalue weighted by atomic mass is 35.5. The first-order valence-corrected chi connectivity index (χ1v) is 8.10. The van der Waals surface area contributed by atoms with Gasteiger partial charge in [0.2, 0.25) is 0 Å². The molecule has 0 unspecified atom stereocenters. The first-order valence-electron chi connectivity index (χ1n) is 7.73. The first-order chi connectivity index (χ1) is 11.8. The monoisotopic (exact) mass is 329 g/mol. The van der Waals surface area contributed by atoms with E-state index in [0.29, 0.717) is 6.42 Å². The second-order valence-corrected chi connectivity index (χ2v) is 5.72. The zero-order chi connectivity index (χ0) is 16.6. The standard InChI is InChI=1S/C22H16ClN/c23-21-15-13-19(14-16-21)17-24-22-12-5-4-10-20(22)11-6-9-18-7-2-1-3-8-18/h1-5,7-8,10,12-17H,11H2. The molecule has 3 rings (SSSR count). The lowest BCUT2D eigenvalue weighted by molar-refractivity contribution is 1.29. The lowest BCUT2D eigenvalue weighted by atomic mass is 10.1. The SMILES string of the molecule is Clc1ccc(C=Nc2ccccc2CC#Cc2ccccc2)cc1. The molecule has 3 aromatic carbocycles. The van der Waals surface area contributed by atoms with E-state index in [1.54, 1.807) is 0 Å². The summed E-state index contributed by atoms with van der Waals surface area (Å²) in [6.45, 7) is 0. The minimum Gasteiger partial charge on any atom is -0.256 e. The minimum absolute atomic E-state index is 0.670. The molecule has 0 N–H and O–H groups in total. The molecule has 0 amide bonds. The van der Waals surface area contributed by atoms with Crippen LogP contribution in [0.1, 0.15) is 16.7 Å². The van der Waals surface area contributed by atoms with Crippen molar-refractivity contribution in [3.05, 3.63) is 101 Å². The molecule has 0 saturated carbocycles. The van der Waals surface area contributed by atoms with E-state index in [9.17, 15) is 0 Å². The topological polar surface area (TPSA) is 12.4 Å². The summed E-state index contributed by atoms with van der Waals surface area (Å²) in [5, 5.41) is 0.726. The molecule has 0 aliphatic carbocycles. The van der Waals surface area contributed by atoms with Crippen LogP contribution in [0.15, 0.2) is 83.9 Å². The van der Waals surface area contributed by atoms with Crippen LogP contribution in [0.2, 0.25) is 5.02 Å². The van der Waals surface area contributed by atoms with Gasteiger partial charge in [-0.2, -0.15) is 0 Å². The molecule has 0 aromatic heterocycles. The van der Waals surface area contributed by atoms with Crippen molar-refractivity contribution < 1.29 is 0 Å². The van der Waals surface area contributed by atoms with Crippen molar-refractivity contribution in [2.45, 2.75) is 6.42 Å². The van der Waals surface area contributed by atoms with E-state index in [2.05, 4.69) is 22.9 Å². The number of hydrogen-bond donors (Lipinski definition) is 0. The lowest BCUT2D eigenvalue weighted by Gasteiger charge is -2.01. The van der Waals surface area contributed by atoms with Gasteiger partial charge in [-0.15, -0.1) is 0 Å². The molecular formula is C22H16ClN. The third-order valence-corrected chi connectivity index (χ3v) is 3.75. The molecule has 1 nitrogen and oxygen atoms in total. The third kappa shape index (κ3) is 4.59. The molecule has 116 valence electrons. The van der Waals surface area contributed by atoms with Crippen LogP contribution < -0.4 is 0 Å². The Morgan fingerprint density at radius 3 is 2.33 bits per heavy atom. The second-order valence-electron chi connectivity index (χ2n) is 5.28. The number of para-hydroxylation sites is 1. The largest absolute Gasteiger partial charge is 0.256 e. The number of hydrogen-bond acceptors (Lipinski definition) is 1. The predicted octanol–water partition coefficient (Wildman–Crippen LogP) is 5.68. The fourth-order valence-electron chi connectivity index (χ4n) is 2.24. The van der Waals surface area contributed by atoms with Crippen LogP contribution >= 0.6 is 11.6 Å². The van der Waals surface area contributed by atoms with Crippen LogP contribution in [-0.4, -0.2) is 6.21 Å². The van der Waals surface area contributed by atoms with Crippen molar-refractivity contribution in [3.8, 4) is 11.8 Å². The van der Waals surface area contributed by atoms with Crippen molar-refractivity contribution in [2.75, 3.05) is 0 Å². The minimum atomic E-state index is 0.670. The predicted molar refractivity (Wildman–Crippen MR) is 102 cm³/mol.